The molecular formula is C13H8BrFO2S. The summed E-state index contributed by atoms with van der Waals surface area (Å²) in [5.74, 6) is -1.39. The van der Waals surface area contributed by atoms with E-state index < -0.39 is 5.97 Å². The van der Waals surface area contributed by atoms with Crippen LogP contribution in [0.4, 0.5) is 4.39 Å². The van der Waals surface area contributed by atoms with E-state index in [4.69, 9.17) is 5.11 Å². The molecule has 92 valence electrons. The molecule has 0 aliphatic rings. The van der Waals surface area contributed by atoms with Gasteiger partial charge < -0.3 is 5.11 Å². The molecule has 0 bridgehead atoms. The van der Waals surface area contributed by atoms with Gasteiger partial charge in [0, 0.05) is 14.3 Å². The van der Waals surface area contributed by atoms with Crippen molar-refractivity contribution in [3.05, 3.63) is 58.3 Å². The minimum Gasteiger partial charge on any atom is -0.478 e. The molecule has 0 fully saturated rings. The van der Waals surface area contributed by atoms with Gasteiger partial charge in [-0.15, -0.1) is 0 Å². The zero-order valence-electron chi connectivity index (χ0n) is 9.06. The normalized spacial score (nSPS) is 10.3. The molecular weight excluding hydrogens is 319 g/mol. The summed E-state index contributed by atoms with van der Waals surface area (Å²) in [6.07, 6.45) is 0. The molecule has 0 unspecified atom stereocenters. The van der Waals surface area contributed by atoms with E-state index >= 15 is 0 Å². The Bertz CT molecular complexity index is 601. The van der Waals surface area contributed by atoms with Gasteiger partial charge in [-0.2, -0.15) is 0 Å². The minimum atomic E-state index is -1.03. The van der Waals surface area contributed by atoms with E-state index in [2.05, 4.69) is 15.9 Å². The number of benzene rings is 2. The maximum absolute atomic E-state index is 13.5. The first-order valence-electron chi connectivity index (χ1n) is 5.03. The van der Waals surface area contributed by atoms with Gasteiger partial charge in [0.05, 0.1) is 5.56 Å². The number of carbonyl (C=O) groups is 1. The van der Waals surface area contributed by atoms with E-state index in [-0.39, 0.29) is 11.4 Å². The molecule has 2 aromatic rings. The summed E-state index contributed by atoms with van der Waals surface area (Å²) < 4.78 is 14.2. The first kappa shape index (κ1) is 13.1. The van der Waals surface area contributed by atoms with Crippen molar-refractivity contribution in [3.8, 4) is 0 Å². The van der Waals surface area contributed by atoms with Crippen LogP contribution in [-0.2, 0) is 0 Å². The fraction of sp³-hybridized carbons (Fsp3) is 0. The molecule has 18 heavy (non-hydrogen) atoms. The highest BCUT2D eigenvalue weighted by Crippen LogP contribution is 2.33. The summed E-state index contributed by atoms with van der Waals surface area (Å²) in [7, 11) is 0. The maximum atomic E-state index is 13.5. The molecule has 5 heteroatoms. The second kappa shape index (κ2) is 5.54. The van der Waals surface area contributed by atoms with Crippen molar-refractivity contribution in [2.75, 3.05) is 0 Å². The molecule has 0 aromatic heterocycles. The second-order valence-corrected chi connectivity index (χ2v) is 5.48. The number of carboxylic acids is 1. The maximum Gasteiger partial charge on any atom is 0.336 e. The van der Waals surface area contributed by atoms with Crippen molar-refractivity contribution in [2.45, 2.75) is 9.79 Å². The van der Waals surface area contributed by atoms with Crippen molar-refractivity contribution >= 4 is 33.7 Å². The molecule has 0 amide bonds. The number of rotatable bonds is 3. The lowest BCUT2D eigenvalue weighted by Crippen LogP contribution is -1.98. The topological polar surface area (TPSA) is 37.3 Å². The average molecular weight is 327 g/mol. The van der Waals surface area contributed by atoms with Crippen LogP contribution in [0.15, 0.2) is 56.7 Å². The van der Waals surface area contributed by atoms with Crippen LogP contribution in [-0.4, -0.2) is 11.1 Å². The molecule has 1 N–H and O–H groups in total. The van der Waals surface area contributed by atoms with Gasteiger partial charge in [-0.1, -0.05) is 39.8 Å². The Morgan fingerprint density at radius 2 is 1.89 bits per heavy atom. The molecule has 0 aliphatic carbocycles. The first-order valence-corrected chi connectivity index (χ1v) is 6.64. The van der Waals surface area contributed by atoms with Crippen LogP contribution in [0, 0.1) is 5.82 Å². The zero-order valence-corrected chi connectivity index (χ0v) is 11.5. The lowest BCUT2D eigenvalue weighted by Gasteiger charge is -2.07. The Balaban J connectivity index is 2.41. The predicted octanol–water partition coefficient (Wildman–Crippen LogP) is 4.44. The summed E-state index contributed by atoms with van der Waals surface area (Å²) in [4.78, 5) is 12.0. The third-order valence-corrected chi connectivity index (χ3v) is 3.85. The largest absolute Gasteiger partial charge is 0.478 e. The summed E-state index contributed by atoms with van der Waals surface area (Å²) in [6.45, 7) is 0. The van der Waals surface area contributed by atoms with Gasteiger partial charge in [-0.05, 0) is 30.3 Å². The molecule has 2 nitrogen and oxygen atoms in total. The van der Waals surface area contributed by atoms with Crippen molar-refractivity contribution in [1.29, 1.82) is 0 Å². The fourth-order valence-electron chi connectivity index (χ4n) is 1.40. The molecule has 0 spiro atoms. The van der Waals surface area contributed by atoms with Gasteiger partial charge >= 0.3 is 5.97 Å². The van der Waals surface area contributed by atoms with Crippen LogP contribution in [0.2, 0.25) is 0 Å². The van der Waals surface area contributed by atoms with Gasteiger partial charge in [-0.25, -0.2) is 9.18 Å². The summed E-state index contributed by atoms with van der Waals surface area (Å²) in [5, 5.41) is 9.11. The second-order valence-electron chi connectivity index (χ2n) is 3.48. The van der Waals surface area contributed by atoms with E-state index in [1.807, 2.05) is 0 Å². The van der Waals surface area contributed by atoms with Gasteiger partial charge in [0.2, 0.25) is 0 Å². The lowest BCUT2D eigenvalue weighted by atomic mass is 10.2. The number of hydrogen-bond donors (Lipinski definition) is 1. The van der Waals surface area contributed by atoms with Crippen LogP contribution in [0.5, 0.6) is 0 Å². The van der Waals surface area contributed by atoms with Gasteiger partial charge in [0.15, 0.2) is 0 Å². The highest BCUT2D eigenvalue weighted by Gasteiger charge is 2.13. The molecule has 2 aromatic carbocycles. The van der Waals surface area contributed by atoms with Crippen molar-refractivity contribution < 1.29 is 14.3 Å². The van der Waals surface area contributed by atoms with Crippen molar-refractivity contribution in [2.24, 2.45) is 0 Å². The Morgan fingerprint density at radius 1 is 1.17 bits per heavy atom. The fourth-order valence-corrected chi connectivity index (χ4v) is 2.71. The summed E-state index contributed by atoms with van der Waals surface area (Å²) in [6, 6.07) is 11.2. The highest BCUT2D eigenvalue weighted by molar-refractivity contribution is 9.10. The number of aromatic carboxylic acids is 1. The Hall–Kier alpha value is -1.33. The predicted molar refractivity (Wildman–Crippen MR) is 71.6 cm³/mol. The first-order chi connectivity index (χ1) is 8.58. The lowest BCUT2D eigenvalue weighted by molar-refractivity contribution is 0.0693. The van der Waals surface area contributed by atoms with E-state index in [1.165, 1.54) is 12.1 Å². The molecule has 2 rings (SSSR count). The minimum absolute atomic E-state index is 0.151. The summed E-state index contributed by atoms with van der Waals surface area (Å²) in [5.41, 5.74) is 0.151. The van der Waals surface area contributed by atoms with Crippen LogP contribution in [0.25, 0.3) is 0 Å². The van der Waals surface area contributed by atoms with Crippen LogP contribution >= 0.6 is 27.7 Å². The van der Waals surface area contributed by atoms with Gasteiger partial charge in [0.1, 0.15) is 5.82 Å². The van der Waals surface area contributed by atoms with Crippen LogP contribution < -0.4 is 0 Å². The molecule has 0 atom stereocenters. The number of carboxylic acid groups (broad SMARTS) is 1. The Kier molecular flexibility index (Phi) is 4.04. The SMILES string of the molecule is O=C(O)c1cc(Br)ccc1Sc1ccccc1F. The van der Waals surface area contributed by atoms with E-state index in [0.717, 1.165) is 11.8 Å². The molecule has 0 aliphatic heterocycles. The Labute approximate surface area is 116 Å². The molecule has 0 heterocycles. The van der Waals surface area contributed by atoms with Crippen molar-refractivity contribution in [1.82, 2.24) is 0 Å². The summed E-state index contributed by atoms with van der Waals surface area (Å²) >= 11 is 4.32. The van der Waals surface area contributed by atoms with Crippen molar-refractivity contribution in [3.63, 3.8) is 0 Å². The average Bonchev–Trinajstić information content (AvgIpc) is 2.34. The monoisotopic (exact) mass is 326 g/mol. The van der Waals surface area contributed by atoms with E-state index in [0.29, 0.717) is 14.3 Å². The third kappa shape index (κ3) is 2.91. The molecule has 0 saturated heterocycles. The number of hydrogen-bond acceptors (Lipinski definition) is 2. The molecule has 0 radical (unpaired) electrons. The van der Waals surface area contributed by atoms with Gasteiger partial charge in [-0.3, -0.25) is 0 Å². The van der Waals surface area contributed by atoms with Crippen LogP contribution in [0.1, 0.15) is 10.4 Å². The Morgan fingerprint density at radius 3 is 2.56 bits per heavy atom. The van der Waals surface area contributed by atoms with E-state index in [9.17, 15) is 9.18 Å². The highest BCUT2D eigenvalue weighted by atomic mass is 79.9. The van der Waals surface area contributed by atoms with Crippen LogP contribution in [0.3, 0.4) is 0 Å². The zero-order chi connectivity index (χ0) is 13.1. The number of halogens is 2. The van der Waals surface area contributed by atoms with E-state index in [1.54, 1.807) is 30.3 Å². The molecule has 0 saturated carbocycles. The smallest absolute Gasteiger partial charge is 0.336 e. The standard InChI is InChI=1S/C13H8BrFO2S/c14-8-5-6-11(9(7-8)13(16)17)18-12-4-2-1-3-10(12)15/h1-7H,(H,16,17). The quantitative estimate of drug-likeness (QED) is 0.906. The van der Waals surface area contributed by atoms with Gasteiger partial charge in [0.25, 0.3) is 0 Å². The third-order valence-electron chi connectivity index (χ3n) is 2.23.